The van der Waals surface area contributed by atoms with Crippen molar-refractivity contribution in [3.05, 3.63) is 77.4 Å². The molecule has 2 N–H and O–H groups in total. The Bertz CT molecular complexity index is 1190. The van der Waals surface area contributed by atoms with Gasteiger partial charge in [0.2, 0.25) is 11.8 Å². The summed E-state index contributed by atoms with van der Waals surface area (Å²) >= 11 is 0. The van der Waals surface area contributed by atoms with Crippen molar-refractivity contribution in [2.75, 3.05) is 18.5 Å². The number of rotatable bonds is 9. The first-order valence-electron chi connectivity index (χ1n) is 13.5. The number of esters is 1. The van der Waals surface area contributed by atoms with Gasteiger partial charge in [0.25, 0.3) is 0 Å². The molecule has 2 aromatic rings. The number of anilines is 1. The Morgan fingerprint density at radius 2 is 1.82 bits per heavy atom. The van der Waals surface area contributed by atoms with Gasteiger partial charge >= 0.3 is 5.97 Å². The molecule has 1 aliphatic carbocycles. The second-order valence-electron chi connectivity index (χ2n) is 10.4. The number of hydrogen-bond donors (Lipinski definition) is 2. The standard InChI is InChI=1S/C31H38N2O5/c1-5-22-14-15-24-27(26(22)31(37)38-6-2)30(36)33(23(18-34)17-21-10-8-7-9-11-21)28(24)29(35)32-25-16-19(3)12-13-20(25)4/h7-16,22-24,26-28,34H,5-6,17-18H2,1-4H3,(H,32,35)/t22-,23-,24+,26-,27+,28+/m1/s1. The monoisotopic (exact) mass is 518 g/mol. The SMILES string of the molecule is CCOC(=O)[C@H]1[C@H]2C(=O)N([C@@H](CO)Cc3ccccc3)[C@H](C(=O)Nc3cc(C)ccc3C)[C@H]2C=C[C@H]1CC. The summed E-state index contributed by atoms with van der Waals surface area (Å²) < 4.78 is 5.41. The number of aryl methyl sites for hydroxylation is 2. The minimum absolute atomic E-state index is 0.163. The summed E-state index contributed by atoms with van der Waals surface area (Å²) in [5.41, 5.74) is 3.55. The highest BCUT2D eigenvalue weighted by molar-refractivity contribution is 6.02. The summed E-state index contributed by atoms with van der Waals surface area (Å²) in [5.74, 6) is -3.12. The predicted octanol–water partition coefficient (Wildman–Crippen LogP) is 4.06. The van der Waals surface area contributed by atoms with Gasteiger partial charge < -0.3 is 20.1 Å². The number of allylic oxidation sites excluding steroid dienone is 1. The quantitative estimate of drug-likeness (QED) is 0.386. The molecule has 0 radical (unpaired) electrons. The van der Waals surface area contributed by atoms with Crippen LogP contribution in [0.5, 0.6) is 0 Å². The van der Waals surface area contributed by atoms with Crippen LogP contribution in [0.15, 0.2) is 60.7 Å². The van der Waals surface area contributed by atoms with Crippen molar-refractivity contribution < 1.29 is 24.2 Å². The molecule has 7 heteroatoms. The molecule has 202 valence electrons. The first kappa shape index (κ1) is 27.6. The Kier molecular flexibility index (Phi) is 8.67. The van der Waals surface area contributed by atoms with E-state index in [2.05, 4.69) is 5.32 Å². The van der Waals surface area contributed by atoms with Crippen molar-refractivity contribution >= 4 is 23.5 Å². The molecule has 1 saturated heterocycles. The molecule has 6 atom stereocenters. The fraction of sp³-hybridized carbons (Fsp3) is 0.452. The number of hydrogen-bond acceptors (Lipinski definition) is 5. The van der Waals surface area contributed by atoms with Gasteiger partial charge in [-0.3, -0.25) is 14.4 Å². The molecule has 4 rings (SSSR count). The van der Waals surface area contributed by atoms with Gasteiger partial charge in [-0.05, 0) is 62.3 Å². The largest absolute Gasteiger partial charge is 0.466 e. The van der Waals surface area contributed by atoms with Crippen LogP contribution in [0.4, 0.5) is 5.69 Å². The number of carbonyl (C=O) groups excluding carboxylic acids is 3. The lowest BCUT2D eigenvalue weighted by Crippen LogP contribution is -2.51. The molecule has 2 aromatic carbocycles. The first-order chi connectivity index (χ1) is 18.3. The Balaban J connectivity index is 1.76. The topological polar surface area (TPSA) is 95.9 Å². The smallest absolute Gasteiger partial charge is 0.310 e. The van der Waals surface area contributed by atoms with Gasteiger partial charge in [0.15, 0.2) is 0 Å². The molecule has 0 saturated carbocycles. The van der Waals surface area contributed by atoms with Crippen LogP contribution < -0.4 is 5.32 Å². The van der Waals surface area contributed by atoms with Gasteiger partial charge in [-0.25, -0.2) is 0 Å². The van der Waals surface area contributed by atoms with E-state index < -0.39 is 35.8 Å². The number of benzene rings is 2. The normalized spacial score (nSPS) is 25.1. The van der Waals surface area contributed by atoms with E-state index in [0.29, 0.717) is 18.5 Å². The number of fused-ring (bicyclic) bond motifs is 1. The summed E-state index contributed by atoms with van der Waals surface area (Å²) in [7, 11) is 0. The van der Waals surface area contributed by atoms with Gasteiger partial charge in [0, 0.05) is 11.6 Å². The Morgan fingerprint density at radius 1 is 1.08 bits per heavy atom. The van der Waals surface area contributed by atoms with E-state index >= 15 is 0 Å². The molecule has 2 aliphatic rings. The van der Waals surface area contributed by atoms with E-state index in [1.54, 1.807) is 6.92 Å². The van der Waals surface area contributed by atoms with E-state index in [1.807, 2.05) is 81.5 Å². The maximum Gasteiger partial charge on any atom is 0.310 e. The third kappa shape index (κ3) is 5.39. The van der Waals surface area contributed by atoms with Crippen LogP contribution in [-0.4, -0.2) is 53.1 Å². The zero-order chi connectivity index (χ0) is 27.4. The van der Waals surface area contributed by atoms with Crippen LogP contribution in [0, 0.1) is 37.5 Å². The second kappa shape index (κ2) is 11.9. The van der Waals surface area contributed by atoms with Gasteiger partial charge in [0.05, 0.1) is 31.1 Å². The van der Waals surface area contributed by atoms with E-state index in [4.69, 9.17) is 4.74 Å². The lowest BCUT2D eigenvalue weighted by Gasteiger charge is -2.34. The molecule has 0 aromatic heterocycles. The number of aliphatic hydroxyl groups is 1. The molecule has 7 nitrogen and oxygen atoms in total. The molecular formula is C31H38N2O5. The maximum absolute atomic E-state index is 14.2. The highest BCUT2D eigenvalue weighted by Crippen LogP contribution is 2.46. The number of amides is 2. The van der Waals surface area contributed by atoms with Crippen LogP contribution in [0.2, 0.25) is 0 Å². The fourth-order valence-electron chi connectivity index (χ4n) is 6.00. The number of nitrogens with zero attached hydrogens (tertiary/aromatic N) is 1. The minimum atomic E-state index is -0.876. The summed E-state index contributed by atoms with van der Waals surface area (Å²) in [6.07, 6.45) is 4.95. The lowest BCUT2D eigenvalue weighted by molar-refractivity contribution is -0.156. The van der Waals surface area contributed by atoms with E-state index in [-0.39, 0.29) is 30.9 Å². The molecule has 0 bridgehead atoms. The van der Waals surface area contributed by atoms with Crippen molar-refractivity contribution in [3.63, 3.8) is 0 Å². The predicted molar refractivity (Wildman–Crippen MR) is 146 cm³/mol. The number of aliphatic hydroxyl groups excluding tert-OH is 1. The average Bonchev–Trinajstić information content (AvgIpc) is 3.21. The Morgan fingerprint density at radius 3 is 2.47 bits per heavy atom. The summed E-state index contributed by atoms with van der Waals surface area (Å²) in [6.45, 7) is 7.52. The van der Waals surface area contributed by atoms with Crippen molar-refractivity contribution in [2.45, 2.75) is 52.6 Å². The van der Waals surface area contributed by atoms with E-state index in [1.165, 1.54) is 4.90 Å². The van der Waals surface area contributed by atoms with Crippen LogP contribution in [0.3, 0.4) is 0 Å². The summed E-state index contributed by atoms with van der Waals surface area (Å²) in [5, 5.41) is 13.5. The first-order valence-corrected chi connectivity index (χ1v) is 13.5. The van der Waals surface area contributed by atoms with Crippen LogP contribution in [-0.2, 0) is 25.5 Å². The Hall–Kier alpha value is -3.45. The lowest BCUT2D eigenvalue weighted by atomic mass is 9.69. The molecule has 0 unspecified atom stereocenters. The van der Waals surface area contributed by atoms with Gasteiger partial charge in [-0.2, -0.15) is 0 Å². The van der Waals surface area contributed by atoms with Gasteiger partial charge in [0.1, 0.15) is 6.04 Å². The average molecular weight is 519 g/mol. The van der Waals surface area contributed by atoms with Gasteiger partial charge in [-0.1, -0.05) is 61.5 Å². The van der Waals surface area contributed by atoms with E-state index in [9.17, 15) is 19.5 Å². The van der Waals surface area contributed by atoms with Crippen LogP contribution >= 0.6 is 0 Å². The van der Waals surface area contributed by atoms with Crippen molar-refractivity contribution in [1.29, 1.82) is 0 Å². The maximum atomic E-state index is 14.2. The number of nitrogens with one attached hydrogen (secondary N) is 1. The van der Waals surface area contributed by atoms with Crippen LogP contribution in [0.1, 0.15) is 37.0 Å². The fourth-order valence-corrected chi connectivity index (χ4v) is 6.00. The molecule has 38 heavy (non-hydrogen) atoms. The van der Waals surface area contributed by atoms with Crippen LogP contribution in [0.25, 0.3) is 0 Å². The summed E-state index contributed by atoms with van der Waals surface area (Å²) in [4.78, 5) is 42.9. The second-order valence-corrected chi connectivity index (χ2v) is 10.4. The van der Waals surface area contributed by atoms with Crippen molar-refractivity contribution in [1.82, 2.24) is 4.90 Å². The van der Waals surface area contributed by atoms with Crippen molar-refractivity contribution in [3.8, 4) is 0 Å². The minimum Gasteiger partial charge on any atom is -0.466 e. The molecule has 1 aliphatic heterocycles. The molecule has 1 heterocycles. The summed E-state index contributed by atoms with van der Waals surface area (Å²) in [6, 6.07) is 13.9. The molecule has 0 spiro atoms. The van der Waals surface area contributed by atoms with Gasteiger partial charge in [-0.15, -0.1) is 0 Å². The number of ether oxygens (including phenoxy) is 1. The number of carbonyl (C=O) groups is 3. The highest BCUT2D eigenvalue weighted by Gasteiger charge is 2.58. The molecule has 1 fully saturated rings. The highest BCUT2D eigenvalue weighted by atomic mass is 16.5. The molecular weight excluding hydrogens is 480 g/mol. The van der Waals surface area contributed by atoms with Crippen molar-refractivity contribution in [2.24, 2.45) is 23.7 Å². The Labute approximate surface area is 224 Å². The zero-order valence-corrected chi connectivity index (χ0v) is 22.6. The third-order valence-electron chi connectivity index (χ3n) is 7.92. The van der Waals surface area contributed by atoms with E-state index in [0.717, 1.165) is 16.7 Å². The third-order valence-corrected chi connectivity index (χ3v) is 7.92. The number of likely N-dealkylation sites (tertiary alicyclic amines) is 1. The molecule has 2 amide bonds. The zero-order valence-electron chi connectivity index (χ0n) is 22.6.